The van der Waals surface area contributed by atoms with E-state index in [9.17, 15) is 26.3 Å². The fourth-order valence-electron chi connectivity index (χ4n) is 2.70. The molecule has 0 nitrogen and oxygen atoms in total. The quantitative estimate of drug-likeness (QED) is 0.437. The summed E-state index contributed by atoms with van der Waals surface area (Å²) in [6, 6.07) is 0. The second-order valence-corrected chi connectivity index (χ2v) is 6.83. The summed E-state index contributed by atoms with van der Waals surface area (Å²) in [5, 5.41) is -2.40. The van der Waals surface area contributed by atoms with Gasteiger partial charge in [-0.15, -0.1) is 0 Å². The van der Waals surface area contributed by atoms with Crippen LogP contribution in [0.2, 0.25) is 0 Å². The first-order valence-corrected chi connectivity index (χ1v) is 7.08. The standard InChI is InChI=1S/C17H16F6/c1-6(2)7-11(18)8-9(14(21)13(7)20)12(19)10(17(3,4)5)16(23)15(8)22/h6H,1-5H3. The monoisotopic (exact) mass is 334 g/mol. The van der Waals surface area contributed by atoms with E-state index >= 15 is 0 Å². The van der Waals surface area contributed by atoms with Gasteiger partial charge in [0.2, 0.25) is 0 Å². The molecule has 0 saturated carbocycles. The van der Waals surface area contributed by atoms with Gasteiger partial charge in [0.1, 0.15) is 11.6 Å². The third-order valence-electron chi connectivity index (χ3n) is 3.75. The SMILES string of the molecule is CC(C)c1c(F)c(F)c2c(F)c(C(C)(C)C)c(F)c(F)c2c1F. The van der Waals surface area contributed by atoms with E-state index in [0.717, 1.165) is 0 Å². The molecule has 0 N–H and O–H groups in total. The number of hydrogen-bond donors (Lipinski definition) is 0. The van der Waals surface area contributed by atoms with E-state index in [-0.39, 0.29) is 0 Å². The molecule has 0 aromatic heterocycles. The second kappa shape index (κ2) is 5.42. The molecular weight excluding hydrogens is 318 g/mol. The Morgan fingerprint density at radius 3 is 1.48 bits per heavy atom. The topological polar surface area (TPSA) is 0 Å². The van der Waals surface area contributed by atoms with Crippen LogP contribution in [0.4, 0.5) is 26.3 Å². The first-order valence-electron chi connectivity index (χ1n) is 7.08. The fourth-order valence-corrected chi connectivity index (χ4v) is 2.70. The highest BCUT2D eigenvalue weighted by Gasteiger charge is 2.34. The maximum Gasteiger partial charge on any atom is 0.170 e. The molecule has 0 aliphatic heterocycles. The summed E-state index contributed by atoms with van der Waals surface area (Å²) >= 11 is 0. The molecule has 0 amide bonds. The van der Waals surface area contributed by atoms with E-state index in [1.807, 2.05) is 0 Å². The summed E-state index contributed by atoms with van der Waals surface area (Å²) in [7, 11) is 0. The van der Waals surface area contributed by atoms with Gasteiger partial charge >= 0.3 is 0 Å². The molecule has 2 aromatic carbocycles. The van der Waals surface area contributed by atoms with Crippen molar-refractivity contribution < 1.29 is 26.3 Å². The number of benzene rings is 2. The van der Waals surface area contributed by atoms with Crippen LogP contribution in [0.15, 0.2) is 0 Å². The Bertz CT molecular complexity index is 800. The van der Waals surface area contributed by atoms with Crippen molar-refractivity contribution in [3.63, 3.8) is 0 Å². The highest BCUT2D eigenvalue weighted by atomic mass is 19.2. The number of hydrogen-bond acceptors (Lipinski definition) is 0. The summed E-state index contributed by atoms with van der Waals surface area (Å²) in [6.07, 6.45) is 0. The summed E-state index contributed by atoms with van der Waals surface area (Å²) in [5.41, 5.74) is -2.71. The van der Waals surface area contributed by atoms with Crippen molar-refractivity contribution >= 4 is 10.8 Å². The lowest BCUT2D eigenvalue weighted by Gasteiger charge is -2.23. The van der Waals surface area contributed by atoms with Crippen LogP contribution in [0, 0.1) is 34.9 Å². The third-order valence-corrected chi connectivity index (χ3v) is 3.75. The van der Waals surface area contributed by atoms with Crippen LogP contribution >= 0.6 is 0 Å². The Morgan fingerprint density at radius 2 is 1.04 bits per heavy atom. The van der Waals surface area contributed by atoms with Crippen LogP contribution < -0.4 is 0 Å². The molecule has 0 spiro atoms. The highest BCUT2D eigenvalue weighted by molar-refractivity contribution is 5.87. The van der Waals surface area contributed by atoms with Crippen LogP contribution in [0.1, 0.15) is 51.7 Å². The molecule has 2 rings (SSSR count). The molecule has 0 radical (unpaired) electrons. The van der Waals surface area contributed by atoms with Gasteiger partial charge in [-0.05, 0) is 11.3 Å². The van der Waals surface area contributed by atoms with Gasteiger partial charge < -0.3 is 0 Å². The summed E-state index contributed by atoms with van der Waals surface area (Å²) < 4.78 is 85.9. The minimum Gasteiger partial charge on any atom is -0.206 e. The predicted molar refractivity (Wildman–Crippen MR) is 76.5 cm³/mol. The zero-order valence-electron chi connectivity index (χ0n) is 13.3. The van der Waals surface area contributed by atoms with Gasteiger partial charge in [-0.1, -0.05) is 34.6 Å². The molecule has 6 heteroatoms. The molecule has 2 aromatic rings. The van der Waals surface area contributed by atoms with Gasteiger partial charge in [0.25, 0.3) is 0 Å². The largest absolute Gasteiger partial charge is 0.206 e. The van der Waals surface area contributed by atoms with Crippen molar-refractivity contribution in [2.75, 3.05) is 0 Å². The predicted octanol–water partition coefficient (Wildman–Crippen LogP) is 6.10. The fraction of sp³-hybridized carbons (Fsp3) is 0.412. The molecule has 0 fully saturated rings. The maximum absolute atomic E-state index is 14.6. The molecule has 23 heavy (non-hydrogen) atoms. The van der Waals surface area contributed by atoms with Crippen molar-refractivity contribution in [1.29, 1.82) is 0 Å². The van der Waals surface area contributed by atoms with E-state index in [1.165, 1.54) is 34.6 Å². The Hall–Kier alpha value is -1.72. The Morgan fingerprint density at radius 1 is 0.609 bits per heavy atom. The van der Waals surface area contributed by atoms with Crippen molar-refractivity contribution in [1.82, 2.24) is 0 Å². The molecule has 0 aliphatic carbocycles. The van der Waals surface area contributed by atoms with Crippen LogP contribution in [-0.4, -0.2) is 0 Å². The van der Waals surface area contributed by atoms with E-state index in [0.29, 0.717) is 0 Å². The number of halogens is 6. The third kappa shape index (κ3) is 2.48. The lowest BCUT2D eigenvalue weighted by molar-refractivity contribution is 0.433. The molecule has 126 valence electrons. The van der Waals surface area contributed by atoms with Crippen molar-refractivity contribution in [3.05, 3.63) is 46.0 Å². The Labute approximate surface area is 130 Å². The van der Waals surface area contributed by atoms with Gasteiger partial charge in [-0.3, -0.25) is 0 Å². The van der Waals surface area contributed by atoms with E-state index < -0.39 is 68.1 Å². The van der Waals surface area contributed by atoms with E-state index in [1.54, 1.807) is 0 Å². The maximum atomic E-state index is 14.6. The van der Waals surface area contributed by atoms with Crippen LogP contribution in [0.3, 0.4) is 0 Å². The average molecular weight is 334 g/mol. The number of rotatable bonds is 1. The van der Waals surface area contributed by atoms with Crippen LogP contribution in [0.5, 0.6) is 0 Å². The first-order chi connectivity index (χ1) is 10.4. The highest BCUT2D eigenvalue weighted by Crippen LogP contribution is 2.40. The summed E-state index contributed by atoms with van der Waals surface area (Å²) in [4.78, 5) is 0. The van der Waals surface area contributed by atoms with Gasteiger partial charge in [-0.2, -0.15) is 0 Å². The zero-order chi connectivity index (χ0) is 17.9. The molecule has 0 unspecified atom stereocenters. The molecule has 0 atom stereocenters. The number of fused-ring (bicyclic) bond motifs is 1. The smallest absolute Gasteiger partial charge is 0.170 e. The Kier molecular flexibility index (Phi) is 4.16. The molecule has 0 bridgehead atoms. The van der Waals surface area contributed by atoms with Gasteiger partial charge in [0, 0.05) is 11.1 Å². The minimum atomic E-state index is -1.72. The normalized spacial score (nSPS) is 12.5. The molecular formula is C17H16F6. The van der Waals surface area contributed by atoms with Gasteiger partial charge in [-0.25, -0.2) is 26.3 Å². The molecule has 0 saturated heterocycles. The first kappa shape index (κ1) is 17.6. The van der Waals surface area contributed by atoms with E-state index in [4.69, 9.17) is 0 Å². The van der Waals surface area contributed by atoms with Crippen molar-refractivity contribution in [2.24, 2.45) is 0 Å². The lowest BCUT2D eigenvalue weighted by atomic mass is 9.83. The van der Waals surface area contributed by atoms with Crippen molar-refractivity contribution in [2.45, 2.75) is 46.0 Å². The Balaban J connectivity index is 3.18. The van der Waals surface area contributed by atoms with E-state index in [2.05, 4.69) is 0 Å². The molecule has 0 aliphatic rings. The second-order valence-electron chi connectivity index (χ2n) is 6.83. The van der Waals surface area contributed by atoms with Crippen LogP contribution in [0.25, 0.3) is 10.8 Å². The summed E-state index contributed by atoms with van der Waals surface area (Å²) in [6.45, 7) is 6.87. The van der Waals surface area contributed by atoms with Crippen molar-refractivity contribution in [3.8, 4) is 0 Å². The summed E-state index contributed by atoms with van der Waals surface area (Å²) in [5.74, 6) is -10.4. The van der Waals surface area contributed by atoms with Crippen LogP contribution in [-0.2, 0) is 5.41 Å². The van der Waals surface area contributed by atoms with Gasteiger partial charge in [0.15, 0.2) is 23.3 Å². The minimum absolute atomic E-state index is 0.740. The zero-order valence-corrected chi connectivity index (χ0v) is 13.3. The average Bonchev–Trinajstić information content (AvgIpc) is 2.38. The van der Waals surface area contributed by atoms with Gasteiger partial charge in [0.05, 0.1) is 10.8 Å². The lowest BCUT2D eigenvalue weighted by Crippen LogP contribution is -2.19. The molecule has 0 heterocycles.